The van der Waals surface area contributed by atoms with E-state index in [0.717, 1.165) is 38.8 Å². The van der Waals surface area contributed by atoms with Crippen molar-refractivity contribution in [1.29, 1.82) is 0 Å². The Hall–Kier alpha value is -1.14. The van der Waals surface area contributed by atoms with Gasteiger partial charge in [0.15, 0.2) is 0 Å². The van der Waals surface area contributed by atoms with Crippen LogP contribution >= 0.6 is 0 Å². The van der Waals surface area contributed by atoms with Crippen LogP contribution in [-0.2, 0) is 19.1 Å². The van der Waals surface area contributed by atoms with Crippen LogP contribution < -0.4 is 0 Å². The smallest absolute Gasteiger partial charge is 0.252 e. The first-order chi connectivity index (χ1) is 13.5. The minimum Gasteiger partial charge on any atom is -0.371 e. The maximum absolute atomic E-state index is 13.2. The van der Waals surface area contributed by atoms with E-state index in [1.54, 1.807) is 7.11 Å². The second-order valence-electron chi connectivity index (χ2n) is 9.44. The Morgan fingerprint density at radius 2 is 1.64 bits per heavy atom. The fourth-order valence-electron chi connectivity index (χ4n) is 5.49. The molecule has 1 spiro atoms. The molecule has 6 heteroatoms. The molecule has 2 heterocycles. The van der Waals surface area contributed by atoms with Crippen LogP contribution in [0.25, 0.3) is 0 Å². The van der Waals surface area contributed by atoms with Crippen LogP contribution in [0, 0.1) is 17.8 Å². The molecule has 2 aliphatic carbocycles. The Morgan fingerprint density at radius 1 is 0.964 bits per heavy atom. The van der Waals surface area contributed by atoms with Gasteiger partial charge in [0.05, 0.1) is 12.2 Å². The second-order valence-corrected chi connectivity index (χ2v) is 9.44. The van der Waals surface area contributed by atoms with Crippen molar-refractivity contribution in [1.82, 2.24) is 9.80 Å². The molecule has 0 bridgehead atoms. The number of hydrogen-bond acceptors (Lipinski definition) is 4. The number of ether oxygens (including phenoxy) is 2. The minimum atomic E-state index is -0.307. The van der Waals surface area contributed by atoms with Gasteiger partial charge in [0, 0.05) is 39.2 Å². The molecule has 2 saturated heterocycles. The molecule has 158 valence electrons. The van der Waals surface area contributed by atoms with Gasteiger partial charge in [-0.05, 0) is 50.4 Å². The van der Waals surface area contributed by atoms with Gasteiger partial charge in [-0.25, -0.2) is 0 Å². The van der Waals surface area contributed by atoms with Crippen LogP contribution in [-0.4, -0.2) is 73.2 Å². The van der Waals surface area contributed by atoms with Crippen molar-refractivity contribution < 1.29 is 19.1 Å². The monoisotopic (exact) mass is 392 g/mol. The molecule has 2 aliphatic heterocycles. The lowest BCUT2D eigenvalue weighted by Gasteiger charge is -2.48. The second kappa shape index (κ2) is 8.31. The fourth-order valence-corrected chi connectivity index (χ4v) is 5.49. The fraction of sp³-hybridized carbons (Fsp3) is 0.909. The quantitative estimate of drug-likeness (QED) is 0.721. The van der Waals surface area contributed by atoms with Crippen molar-refractivity contribution >= 4 is 11.8 Å². The molecule has 4 fully saturated rings. The average molecular weight is 393 g/mol. The number of carbonyl (C=O) groups is 2. The summed E-state index contributed by atoms with van der Waals surface area (Å²) >= 11 is 0. The van der Waals surface area contributed by atoms with Crippen LogP contribution in [0.2, 0.25) is 0 Å². The van der Waals surface area contributed by atoms with E-state index < -0.39 is 0 Å². The van der Waals surface area contributed by atoms with Crippen LogP contribution in [0.1, 0.15) is 58.3 Å². The molecular weight excluding hydrogens is 356 g/mol. The van der Waals surface area contributed by atoms with Crippen molar-refractivity contribution in [2.24, 2.45) is 17.8 Å². The predicted molar refractivity (Wildman–Crippen MR) is 106 cm³/mol. The highest BCUT2D eigenvalue weighted by molar-refractivity contribution is 5.81. The molecule has 4 aliphatic rings. The van der Waals surface area contributed by atoms with Gasteiger partial charge in [-0.1, -0.05) is 19.8 Å². The predicted octanol–water partition coefficient (Wildman–Crippen LogP) is 2.46. The molecule has 0 aromatic heterocycles. The molecule has 6 nitrogen and oxygen atoms in total. The van der Waals surface area contributed by atoms with Crippen molar-refractivity contribution in [2.75, 3.05) is 39.9 Å². The number of hydrogen-bond donors (Lipinski definition) is 0. The summed E-state index contributed by atoms with van der Waals surface area (Å²) in [7, 11) is 1.67. The zero-order chi connectivity index (χ0) is 19.7. The van der Waals surface area contributed by atoms with Crippen molar-refractivity contribution in [3.63, 3.8) is 0 Å². The van der Waals surface area contributed by atoms with Crippen molar-refractivity contribution in [3.05, 3.63) is 0 Å². The van der Waals surface area contributed by atoms with E-state index in [1.807, 2.05) is 9.80 Å². The van der Waals surface area contributed by atoms with Gasteiger partial charge in [0.1, 0.15) is 6.10 Å². The van der Waals surface area contributed by atoms with Crippen molar-refractivity contribution in [3.8, 4) is 0 Å². The van der Waals surface area contributed by atoms with Gasteiger partial charge in [-0.2, -0.15) is 0 Å². The summed E-state index contributed by atoms with van der Waals surface area (Å²) < 4.78 is 11.8. The maximum atomic E-state index is 13.2. The molecule has 28 heavy (non-hydrogen) atoms. The first-order valence-corrected chi connectivity index (χ1v) is 11.3. The number of amides is 2. The molecular formula is C22H36N2O4. The molecule has 0 aromatic rings. The number of methoxy groups -OCH3 is 1. The molecule has 2 atom stereocenters. The summed E-state index contributed by atoms with van der Waals surface area (Å²) in [6.07, 6.45) is 8.33. The van der Waals surface area contributed by atoms with Gasteiger partial charge in [0.2, 0.25) is 5.91 Å². The van der Waals surface area contributed by atoms with E-state index in [2.05, 4.69) is 6.92 Å². The van der Waals surface area contributed by atoms with Crippen LogP contribution in [0.5, 0.6) is 0 Å². The third-order valence-electron chi connectivity index (χ3n) is 7.59. The van der Waals surface area contributed by atoms with E-state index in [-0.39, 0.29) is 23.5 Å². The maximum Gasteiger partial charge on any atom is 0.252 e. The SMILES string of the molecule is COC(C(=O)N1CCOC2(CCN(C(=O)C(C)C3CC3)CC2)C1)C1CCCC1. The van der Waals surface area contributed by atoms with Crippen LogP contribution in [0.15, 0.2) is 0 Å². The van der Waals surface area contributed by atoms with Gasteiger partial charge in [-0.3, -0.25) is 9.59 Å². The lowest BCUT2D eigenvalue weighted by molar-refractivity contribution is -0.172. The zero-order valence-corrected chi connectivity index (χ0v) is 17.5. The third kappa shape index (κ3) is 4.09. The van der Waals surface area contributed by atoms with Gasteiger partial charge in [-0.15, -0.1) is 0 Å². The lowest BCUT2D eigenvalue weighted by Crippen LogP contribution is -2.60. The van der Waals surface area contributed by atoms with Gasteiger partial charge in [0.25, 0.3) is 5.91 Å². The third-order valence-corrected chi connectivity index (χ3v) is 7.59. The van der Waals surface area contributed by atoms with Gasteiger partial charge >= 0.3 is 0 Å². The summed E-state index contributed by atoms with van der Waals surface area (Å²) in [5, 5.41) is 0. The summed E-state index contributed by atoms with van der Waals surface area (Å²) in [5.74, 6) is 1.57. The Bertz CT molecular complexity index is 577. The molecule has 2 unspecified atom stereocenters. The summed E-state index contributed by atoms with van der Waals surface area (Å²) in [6.45, 7) is 5.44. The number of carbonyl (C=O) groups excluding carboxylic acids is 2. The lowest BCUT2D eigenvalue weighted by atomic mass is 9.88. The molecule has 0 N–H and O–H groups in total. The summed E-state index contributed by atoms with van der Waals surface area (Å²) in [5.41, 5.74) is -0.290. The number of nitrogens with zero attached hydrogens (tertiary/aromatic N) is 2. The highest BCUT2D eigenvalue weighted by Crippen LogP contribution is 2.39. The Kier molecular flexibility index (Phi) is 5.98. The number of morpholine rings is 1. The normalized spacial score (nSPS) is 27.8. The molecule has 0 aromatic carbocycles. The highest BCUT2D eigenvalue weighted by atomic mass is 16.5. The average Bonchev–Trinajstić information content (AvgIpc) is 3.43. The number of piperidine rings is 1. The topological polar surface area (TPSA) is 59.1 Å². The minimum absolute atomic E-state index is 0.137. The zero-order valence-electron chi connectivity index (χ0n) is 17.5. The largest absolute Gasteiger partial charge is 0.371 e. The summed E-state index contributed by atoms with van der Waals surface area (Å²) in [4.78, 5) is 29.9. The standard InChI is InChI=1S/C22H36N2O4/c1-16(17-7-8-17)20(25)23-11-9-22(10-12-23)15-24(13-14-28-22)21(26)19(27-2)18-5-3-4-6-18/h16-19H,3-15H2,1-2H3. The van der Waals surface area contributed by atoms with Gasteiger partial charge < -0.3 is 19.3 Å². The molecule has 4 rings (SSSR count). The summed E-state index contributed by atoms with van der Waals surface area (Å²) in [6, 6.07) is 0. The van der Waals surface area contributed by atoms with Crippen LogP contribution in [0.3, 0.4) is 0 Å². The van der Waals surface area contributed by atoms with E-state index in [1.165, 1.54) is 25.7 Å². The first-order valence-electron chi connectivity index (χ1n) is 11.3. The highest BCUT2D eigenvalue weighted by Gasteiger charge is 2.45. The Labute approximate surface area is 168 Å². The van der Waals surface area contributed by atoms with E-state index >= 15 is 0 Å². The number of rotatable bonds is 5. The first kappa shape index (κ1) is 20.1. The number of likely N-dealkylation sites (tertiary alicyclic amines) is 1. The Morgan fingerprint density at radius 3 is 2.25 bits per heavy atom. The molecule has 2 saturated carbocycles. The molecule has 2 amide bonds. The van der Waals surface area contributed by atoms with Crippen LogP contribution in [0.4, 0.5) is 0 Å². The van der Waals surface area contributed by atoms with E-state index in [4.69, 9.17) is 9.47 Å². The van der Waals surface area contributed by atoms with E-state index in [0.29, 0.717) is 37.4 Å². The van der Waals surface area contributed by atoms with Crippen molar-refractivity contribution in [2.45, 2.75) is 70.0 Å². The van der Waals surface area contributed by atoms with E-state index in [9.17, 15) is 9.59 Å². The Balaban J connectivity index is 1.34. The molecule has 0 radical (unpaired) electrons.